The van der Waals surface area contributed by atoms with Crippen LogP contribution in [0, 0.1) is 0 Å². The normalized spacial score (nSPS) is 18.3. The van der Waals surface area contributed by atoms with Gasteiger partial charge in [-0.1, -0.05) is 12.1 Å². The molecule has 2 fully saturated rings. The summed E-state index contributed by atoms with van der Waals surface area (Å²) in [5.41, 5.74) is 0. The molecule has 1 aromatic heterocycles. The van der Waals surface area contributed by atoms with Gasteiger partial charge in [-0.05, 0) is 19.3 Å². The molecule has 0 bridgehead atoms. The van der Waals surface area contributed by atoms with E-state index in [-0.39, 0.29) is 24.3 Å². The standard InChI is InChI=1S/C16H22N4O6/c1-2-11(13(22)14-18-15(26-19-14)10-3-4-10)17-16(23)25-9-12(21)20-5-7-24-8-6-20/h10-11H,2-9H2,1H3,(H,17,23). The molecule has 1 saturated heterocycles. The predicted octanol–water partition coefficient (Wildman–Crippen LogP) is 0.493. The maximum absolute atomic E-state index is 12.4. The number of ether oxygens (including phenoxy) is 2. The van der Waals surface area contributed by atoms with Crippen LogP contribution in [-0.4, -0.2) is 71.8 Å². The van der Waals surface area contributed by atoms with Crippen molar-refractivity contribution in [3.05, 3.63) is 11.7 Å². The van der Waals surface area contributed by atoms with Gasteiger partial charge in [0, 0.05) is 19.0 Å². The highest BCUT2D eigenvalue weighted by atomic mass is 16.6. The molecule has 0 spiro atoms. The molecule has 1 aromatic rings. The molecule has 2 aliphatic rings. The molecular weight excluding hydrogens is 344 g/mol. The summed E-state index contributed by atoms with van der Waals surface area (Å²) in [4.78, 5) is 41.9. The Bertz CT molecular complexity index is 665. The lowest BCUT2D eigenvalue weighted by molar-refractivity contribution is -0.138. The van der Waals surface area contributed by atoms with Gasteiger partial charge in [-0.15, -0.1) is 0 Å². The fourth-order valence-corrected chi connectivity index (χ4v) is 2.56. The number of carbonyl (C=O) groups is 3. The summed E-state index contributed by atoms with van der Waals surface area (Å²) >= 11 is 0. The van der Waals surface area contributed by atoms with Gasteiger partial charge >= 0.3 is 6.09 Å². The molecule has 142 valence electrons. The van der Waals surface area contributed by atoms with Crippen molar-refractivity contribution < 1.29 is 28.4 Å². The van der Waals surface area contributed by atoms with E-state index >= 15 is 0 Å². The van der Waals surface area contributed by atoms with E-state index in [9.17, 15) is 14.4 Å². The quantitative estimate of drug-likeness (QED) is 0.692. The monoisotopic (exact) mass is 366 g/mol. The van der Waals surface area contributed by atoms with Crippen molar-refractivity contribution in [1.29, 1.82) is 0 Å². The number of Topliss-reactive ketones (excluding diaryl/α,β-unsaturated/α-hetero) is 1. The number of hydrogen-bond acceptors (Lipinski definition) is 8. The molecule has 1 aliphatic carbocycles. The first kappa shape index (κ1) is 18.3. The molecule has 1 N–H and O–H groups in total. The lowest BCUT2D eigenvalue weighted by Gasteiger charge is -2.26. The smallest absolute Gasteiger partial charge is 0.408 e. The Morgan fingerprint density at radius 1 is 1.31 bits per heavy atom. The average molecular weight is 366 g/mol. The second-order valence-corrected chi connectivity index (χ2v) is 6.27. The number of morpholine rings is 1. The second-order valence-electron chi connectivity index (χ2n) is 6.27. The maximum atomic E-state index is 12.4. The number of aromatic nitrogens is 2. The number of carbonyl (C=O) groups excluding carboxylic acids is 3. The molecule has 1 unspecified atom stereocenters. The molecule has 10 heteroatoms. The zero-order valence-electron chi connectivity index (χ0n) is 14.6. The Morgan fingerprint density at radius 2 is 2.04 bits per heavy atom. The number of rotatable bonds is 7. The number of nitrogens with one attached hydrogen (secondary N) is 1. The number of amides is 2. The van der Waals surface area contributed by atoms with Gasteiger partial charge in [0.05, 0.1) is 19.3 Å². The summed E-state index contributed by atoms with van der Waals surface area (Å²) < 4.78 is 15.2. The first-order valence-electron chi connectivity index (χ1n) is 8.75. The van der Waals surface area contributed by atoms with E-state index in [1.54, 1.807) is 11.8 Å². The predicted molar refractivity (Wildman–Crippen MR) is 86.6 cm³/mol. The van der Waals surface area contributed by atoms with Gasteiger partial charge in [-0.25, -0.2) is 4.79 Å². The number of ketones is 1. The van der Waals surface area contributed by atoms with Crippen LogP contribution in [0.5, 0.6) is 0 Å². The van der Waals surface area contributed by atoms with E-state index in [1.807, 2.05) is 0 Å². The molecule has 2 heterocycles. The Hall–Kier alpha value is -2.49. The topological polar surface area (TPSA) is 124 Å². The molecule has 1 aliphatic heterocycles. The fraction of sp³-hybridized carbons (Fsp3) is 0.688. The minimum Gasteiger partial charge on any atom is -0.439 e. The third-order valence-electron chi connectivity index (χ3n) is 4.30. The summed E-state index contributed by atoms with van der Waals surface area (Å²) in [5, 5.41) is 6.14. The van der Waals surface area contributed by atoms with E-state index < -0.39 is 17.9 Å². The van der Waals surface area contributed by atoms with Crippen LogP contribution in [0.1, 0.15) is 48.6 Å². The Morgan fingerprint density at radius 3 is 2.69 bits per heavy atom. The van der Waals surface area contributed by atoms with E-state index in [0.29, 0.717) is 38.6 Å². The minimum absolute atomic E-state index is 0.0524. The van der Waals surface area contributed by atoms with Gasteiger partial charge < -0.3 is 24.2 Å². The molecule has 0 aromatic carbocycles. The molecular formula is C16H22N4O6. The molecule has 10 nitrogen and oxygen atoms in total. The summed E-state index contributed by atoms with van der Waals surface area (Å²) in [7, 11) is 0. The summed E-state index contributed by atoms with van der Waals surface area (Å²) in [5.74, 6) is -0.0896. The number of alkyl carbamates (subject to hydrolysis) is 1. The van der Waals surface area contributed by atoms with Crippen molar-refractivity contribution in [1.82, 2.24) is 20.4 Å². The summed E-state index contributed by atoms with van der Waals surface area (Å²) in [6, 6.07) is -0.842. The fourth-order valence-electron chi connectivity index (χ4n) is 2.56. The van der Waals surface area contributed by atoms with Crippen LogP contribution in [0.15, 0.2) is 4.52 Å². The maximum Gasteiger partial charge on any atom is 0.408 e. The van der Waals surface area contributed by atoms with Crippen molar-refractivity contribution in [3.8, 4) is 0 Å². The SMILES string of the molecule is CCC(NC(=O)OCC(=O)N1CCOCC1)C(=O)c1noc(C2CC2)n1. The van der Waals surface area contributed by atoms with Crippen LogP contribution in [-0.2, 0) is 14.3 Å². The van der Waals surface area contributed by atoms with Crippen LogP contribution >= 0.6 is 0 Å². The van der Waals surface area contributed by atoms with Gasteiger partial charge in [0.2, 0.25) is 17.5 Å². The molecule has 0 radical (unpaired) electrons. The van der Waals surface area contributed by atoms with Crippen LogP contribution in [0.4, 0.5) is 4.79 Å². The third kappa shape index (κ3) is 4.57. The highest BCUT2D eigenvalue weighted by molar-refractivity contribution is 5.98. The van der Waals surface area contributed by atoms with Crippen molar-refractivity contribution in [2.75, 3.05) is 32.9 Å². The van der Waals surface area contributed by atoms with Crippen molar-refractivity contribution in [3.63, 3.8) is 0 Å². The molecule has 1 atom stereocenters. The Labute approximate surface area is 150 Å². The van der Waals surface area contributed by atoms with E-state index in [0.717, 1.165) is 12.8 Å². The molecule has 2 amide bonds. The first-order chi connectivity index (χ1) is 12.6. The van der Waals surface area contributed by atoms with Gasteiger partial charge in [0.15, 0.2) is 6.61 Å². The highest BCUT2D eigenvalue weighted by Crippen LogP contribution is 2.38. The summed E-state index contributed by atoms with van der Waals surface area (Å²) in [6.07, 6.45) is 1.46. The van der Waals surface area contributed by atoms with E-state index in [2.05, 4.69) is 15.5 Å². The Balaban J connectivity index is 1.47. The van der Waals surface area contributed by atoms with E-state index in [4.69, 9.17) is 14.0 Å². The van der Waals surface area contributed by atoms with Gasteiger partial charge in [-0.3, -0.25) is 9.59 Å². The van der Waals surface area contributed by atoms with Gasteiger partial charge in [0.1, 0.15) is 0 Å². The molecule has 1 saturated carbocycles. The number of hydrogen-bond donors (Lipinski definition) is 1. The van der Waals surface area contributed by atoms with Crippen molar-refractivity contribution in [2.45, 2.75) is 38.1 Å². The summed E-state index contributed by atoms with van der Waals surface area (Å²) in [6.45, 7) is 3.24. The zero-order valence-corrected chi connectivity index (χ0v) is 14.6. The van der Waals surface area contributed by atoms with Gasteiger partial charge in [0.25, 0.3) is 5.91 Å². The van der Waals surface area contributed by atoms with Crippen molar-refractivity contribution in [2.24, 2.45) is 0 Å². The third-order valence-corrected chi connectivity index (χ3v) is 4.30. The molecule has 26 heavy (non-hydrogen) atoms. The van der Waals surface area contributed by atoms with Gasteiger partial charge in [-0.2, -0.15) is 4.98 Å². The second kappa shape index (κ2) is 8.26. The Kier molecular flexibility index (Phi) is 5.82. The van der Waals surface area contributed by atoms with Crippen LogP contribution in [0.2, 0.25) is 0 Å². The average Bonchev–Trinajstić information content (AvgIpc) is 3.41. The van der Waals surface area contributed by atoms with Crippen LogP contribution in [0.25, 0.3) is 0 Å². The first-order valence-corrected chi connectivity index (χ1v) is 8.75. The lowest BCUT2D eigenvalue weighted by atomic mass is 10.1. The molecule has 3 rings (SSSR count). The zero-order chi connectivity index (χ0) is 18.5. The number of nitrogens with zero attached hydrogens (tertiary/aromatic N) is 3. The van der Waals surface area contributed by atoms with Crippen molar-refractivity contribution >= 4 is 17.8 Å². The largest absolute Gasteiger partial charge is 0.439 e. The van der Waals surface area contributed by atoms with Crippen LogP contribution in [0.3, 0.4) is 0 Å². The highest BCUT2D eigenvalue weighted by Gasteiger charge is 2.32. The van der Waals surface area contributed by atoms with E-state index in [1.165, 1.54) is 0 Å². The lowest BCUT2D eigenvalue weighted by Crippen LogP contribution is -2.45. The van der Waals surface area contributed by atoms with Crippen LogP contribution < -0.4 is 5.32 Å². The minimum atomic E-state index is -0.842.